The van der Waals surface area contributed by atoms with E-state index in [-0.39, 0.29) is 0 Å². The minimum Gasteiger partial charge on any atom is -0.389 e. The van der Waals surface area contributed by atoms with Crippen LogP contribution in [0, 0.1) is 5.92 Å². The summed E-state index contributed by atoms with van der Waals surface area (Å²) in [4.78, 5) is 5.30. The third-order valence-electron chi connectivity index (χ3n) is 4.85. The molecule has 1 aromatic heterocycles. The van der Waals surface area contributed by atoms with E-state index >= 15 is 0 Å². The second kappa shape index (κ2) is 6.73. The molecule has 21 heavy (non-hydrogen) atoms. The van der Waals surface area contributed by atoms with Crippen molar-refractivity contribution in [3.63, 3.8) is 0 Å². The lowest BCUT2D eigenvalue weighted by Crippen LogP contribution is -2.22. The van der Waals surface area contributed by atoms with Crippen LogP contribution in [0.25, 0.3) is 0 Å². The quantitative estimate of drug-likeness (QED) is 0.835. The van der Waals surface area contributed by atoms with Crippen molar-refractivity contribution in [3.8, 4) is 0 Å². The van der Waals surface area contributed by atoms with Gasteiger partial charge in [0.05, 0.1) is 5.56 Å². The van der Waals surface area contributed by atoms with Gasteiger partial charge in [0.2, 0.25) is 0 Å². The summed E-state index contributed by atoms with van der Waals surface area (Å²) >= 11 is 5.22. The zero-order valence-corrected chi connectivity index (χ0v) is 13.5. The van der Waals surface area contributed by atoms with Crippen molar-refractivity contribution in [2.24, 2.45) is 11.7 Å². The molecule has 3 nitrogen and oxygen atoms in total. The van der Waals surface area contributed by atoms with E-state index in [4.69, 9.17) is 22.9 Å². The summed E-state index contributed by atoms with van der Waals surface area (Å²) in [5.41, 5.74) is 9.42. The average Bonchev–Trinajstić information content (AvgIpc) is 2.53. The lowest BCUT2D eigenvalue weighted by molar-refractivity contribution is 0.373. The fourth-order valence-electron chi connectivity index (χ4n) is 3.59. The van der Waals surface area contributed by atoms with Gasteiger partial charge in [-0.15, -0.1) is 0 Å². The Kier molecular flexibility index (Phi) is 4.73. The molecule has 0 aliphatic heterocycles. The lowest BCUT2D eigenvalue weighted by Gasteiger charge is -2.24. The first-order chi connectivity index (χ1) is 10.2. The molecule has 2 aliphatic carbocycles. The Balaban J connectivity index is 1.77. The summed E-state index contributed by atoms with van der Waals surface area (Å²) in [6.07, 6.45) is 11.5. The van der Waals surface area contributed by atoms with Gasteiger partial charge in [-0.3, -0.25) is 0 Å². The Morgan fingerprint density at radius 1 is 1.19 bits per heavy atom. The van der Waals surface area contributed by atoms with E-state index in [1.165, 1.54) is 56.2 Å². The van der Waals surface area contributed by atoms with Crippen LogP contribution in [0.2, 0.25) is 0 Å². The Bertz CT molecular complexity index is 521. The van der Waals surface area contributed by atoms with Gasteiger partial charge in [-0.1, -0.05) is 31.5 Å². The summed E-state index contributed by atoms with van der Waals surface area (Å²) in [7, 11) is 0. The number of anilines is 1. The molecule has 0 unspecified atom stereocenters. The van der Waals surface area contributed by atoms with Crippen molar-refractivity contribution < 1.29 is 0 Å². The molecule has 2 aliphatic rings. The first-order valence-corrected chi connectivity index (χ1v) is 8.71. The second-order valence-corrected chi connectivity index (χ2v) is 6.89. The normalized spacial score (nSPS) is 19.0. The van der Waals surface area contributed by atoms with Crippen molar-refractivity contribution in [1.29, 1.82) is 0 Å². The molecule has 0 aromatic carbocycles. The van der Waals surface area contributed by atoms with Crippen molar-refractivity contribution in [3.05, 3.63) is 22.9 Å². The van der Waals surface area contributed by atoms with Crippen molar-refractivity contribution in [1.82, 2.24) is 4.98 Å². The van der Waals surface area contributed by atoms with Gasteiger partial charge in [-0.25, -0.2) is 4.98 Å². The highest BCUT2D eigenvalue weighted by molar-refractivity contribution is 7.80. The molecule has 0 radical (unpaired) electrons. The third kappa shape index (κ3) is 3.54. The SMILES string of the molecule is NC(=S)c1cc2c(nc1NCC1CCCCC1)CCCC2. The molecule has 1 fully saturated rings. The number of nitrogens with one attached hydrogen (secondary N) is 1. The lowest BCUT2D eigenvalue weighted by atomic mass is 9.89. The van der Waals surface area contributed by atoms with Gasteiger partial charge in [0.15, 0.2) is 0 Å². The number of fused-ring (bicyclic) bond motifs is 1. The summed E-state index contributed by atoms with van der Waals surface area (Å²) in [5.74, 6) is 1.68. The molecule has 0 amide bonds. The molecule has 0 atom stereocenters. The van der Waals surface area contributed by atoms with Crippen LogP contribution >= 0.6 is 12.2 Å². The van der Waals surface area contributed by atoms with Gasteiger partial charge in [-0.05, 0) is 56.1 Å². The molecule has 1 heterocycles. The number of pyridine rings is 1. The predicted octanol–water partition coefficient (Wildman–Crippen LogP) is 3.59. The van der Waals surface area contributed by atoms with Gasteiger partial charge in [0.1, 0.15) is 10.8 Å². The van der Waals surface area contributed by atoms with Crippen LogP contribution in [0.5, 0.6) is 0 Å². The van der Waals surface area contributed by atoms with Crippen LogP contribution in [0.15, 0.2) is 6.07 Å². The van der Waals surface area contributed by atoms with E-state index < -0.39 is 0 Å². The maximum Gasteiger partial charge on any atom is 0.136 e. The largest absolute Gasteiger partial charge is 0.389 e. The van der Waals surface area contributed by atoms with Gasteiger partial charge < -0.3 is 11.1 Å². The van der Waals surface area contributed by atoms with E-state index in [0.717, 1.165) is 36.7 Å². The zero-order valence-electron chi connectivity index (χ0n) is 12.7. The van der Waals surface area contributed by atoms with Crippen LogP contribution in [0.3, 0.4) is 0 Å². The van der Waals surface area contributed by atoms with Gasteiger partial charge in [0, 0.05) is 12.2 Å². The van der Waals surface area contributed by atoms with Gasteiger partial charge >= 0.3 is 0 Å². The predicted molar refractivity (Wildman–Crippen MR) is 91.8 cm³/mol. The Morgan fingerprint density at radius 3 is 2.71 bits per heavy atom. The molecule has 3 N–H and O–H groups in total. The van der Waals surface area contributed by atoms with Crippen molar-refractivity contribution in [2.45, 2.75) is 57.8 Å². The highest BCUT2D eigenvalue weighted by atomic mass is 32.1. The average molecular weight is 303 g/mol. The molecule has 0 saturated heterocycles. The Hall–Kier alpha value is -1.16. The molecule has 1 saturated carbocycles. The fraction of sp³-hybridized carbons (Fsp3) is 0.647. The Morgan fingerprint density at radius 2 is 1.95 bits per heavy atom. The second-order valence-electron chi connectivity index (χ2n) is 6.45. The smallest absolute Gasteiger partial charge is 0.136 e. The number of hydrogen-bond acceptors (Lipinski definition) is 3. The van der Waals surface area contributed by atoms with Crippen LogP contribution in [-0.2, 0) is 12.8 Å². The monoisotopic (exact) mass is 303 g/mol. The molecule has 0 bridgehead atoms. The van der Waals surface area contributed by atoms with E-state index in [1.807, 2.05) is 0 Å². The fourth-order valence-corrected chi connectivity index (χ4v) is 3.74. The molecular formula is C17H25N3S. The number of aryl methyl sites for hydroxylation is 2. The van der Waals surface area contributed by atoms with Gasteiger partial charge in [-0.2, -0.15) is 0 Å². The maximum absolute atomic E-state index is 5.91. The zero-order chi connectivity index (χ0) is 14.7. The minimum atomic E-state index is 0.460. The number of nitrogens with two attached hydrogens (primary N) is 1. The van der Waals surface area contributed by atoms with E-state index in [0.29, 0.717) is 4.99 Å². The van der Waals surface area contributed by atoms with Crippen LogP contribution in [0.4, 0.5) is 5.82 Å². The summed E-state index contributed by atoms with van der Waals surface area (Å²) < 4.78 is 0. The first kappa shape index (κ1) is 14.8. The standard InChI is InChI=1S/C17H25N3S/c18-16(21)14-10-13-8-4-5-9-15(13)20-17(14)19-11-12-6-2-1-3-7-12/h10,12H,1-9,11H2,(H2,18,21)(H,19,20). The number of thiocarbonyl (C=S) groups is 1. The summed E-state index contributed by atoms with van der Waals surface area (Å²) in [5, 5.41) is 3.54. The Labute approximate surface area is 132 Å². The van der Waals surface area contributed by atoms with Crippen LogP contribution in [0.1, 0.15) is 61.8 Å². The topological polar surface area (TPSA) is 50.9 Å². The van der Waals surface area contributed by atoms with E-state index in [1.54, 1.807) is 0 Å². The molecule has 3 rings (SSSR count). The number of rotatable bonds is 4. The molecule has 0 spiro atoms. The van der Waals surface area contributed by atoms with Crippen molar-refractivity contribution >= 4 is 23.0 Å². The molecule has 4 heteroatoms. The molecular weight excluding hydrogens is 278 g/mol. The van der Waals surface area contributed by atoms with E-state index in [9.17, 15) is 0 Å². The number of aromatic nitrogens is 1. The van der Waals surface area contributed by atoms with Gasteiger partial charge in [0.25, 0.3) is 0 Å². The van der Waals surface area contributed by atoms with Crippen LogP contribution < -0.4 is 11.1 Å². The highest BCUT2D eigenvalue weighted by Crippen LogP contribution is 2.27. The molecule has 1 aromatic rings. The molecule has 114 valence electrons. The number of nitrogens with zero attached hydrogens (tertiary/aromatic N) is 1. The first-order valence-electron chi connectivity index (χ1n) is 8.30. The highest BCUT2D eigenvalue weighted by Gasteiger charge is 2.18. The maximum atomic E-state index is 5.91. The van der Waals surface area contributed by atoms with Crippen LogP contribution in [-0.4, -0.2) is 16.5 Å². The minimum absolute atomic E-state index is 0.460. The van der Waals surface area contributed by atoms with E-state index in [2.05, 4.69) is 11.4 Å². The summed E-state index contributed by atoms with van der Waals surface area (Å²) in [6, 6.07) is 2.17. The number of hydrogen-bond donors (Lipinski definition) is 2. The third-order valence-corrected chi connectivity index (χ3v) is 5.07. The summed E-state index contributed by atoms with van der Waals surface area (Å²) in [6.45, 7) is 1.00. The van der Waals surface area contributed by atoms with Crippen molar-refractivity contribution in [2.75, 3.05) is 11.9 Å².